The second-order valence-electron chi connectivity index (χ2n) is 4.32. The van der Waals surface area contributed by atoms with Crippen LogP contribution in [-0.4, -0.2) is 18.8 Å². The van der Waals surface area contributed by atoms with Gasteiger partial charge in [-0.25, -0.2) is 0 Å². The highest BCUT2D eigenvalue weighted by atomic mass is 35.5. The van der Waals surface area contributed by atoms with Crippen LogP contribution in [0, 0.1) is 12.8 Å². The summed E-state index contributed by atoms with van der Waals surface area (Å²) in [4.78, 5) is 0. The Morgan fingerprint density at radius 2 is 2.12 bits per heavy atom. The highest BCUT2D eigenvalue weighted by Gasteiger charge is 2.13. The summed E-state index contributed by atoms with van der Waals surface area (Å²) in [6, 6.07) is 5.69. The lowest BCUT2D eigenvalue weighted by molar-refractivity contribution is 0.102. The third-order valence-electron chi connectivity index (χ3n) is 2.66. The molecule has 0 spiro atoms. The van der Waals surface area contributed by atoms with Crippen molar-refractivity contribution >= 4 is 11.6 Å². The van der Waals surface area contributed by atoms with Crippen molar-refractivity contribution in [3.63, 3.8) is 0 Å². The summed E-state index contributed by atoms with van der Waals surface area (Å²) < 4.78 is 5.05. The van der Waals surface area contributed by atoms with Crippen LogP contribution in [0.1, 0.15) is 30.6 Å². The number of aliphatic hydroxyl groups is 1. The van der Waals surface area contributed by atoms with Crippen molar-refractivity contribution in [1.82, 2.24) is 0 Å². The molecule has 0 saturated carbocycles. The Kier molecular flexibility index (Phi) is 5.26. The first-order valence-electron chi connectivity index (χ1n) is 5.47. The molecule has 16 heavy (non-hydrogen) atoms. The van der Waals surface area contributed by atoms with Crippen LogP contribution < -0.4 is 0 Å². The molecule has 0 bridgehead atoms. The fourth-order valence-corrected chi connectivity index (χ4v) is 1.88. The van der Waals surface area contributed by atoms with Gasteiger partial charge in [-0.15, -0.1) is 0 Å². The van der Waals surface area contributed by atoms with Crippen molar-refractivity contribution in [3.8, 4) is 0 Å². The van der Waals surface area contributed by atoms with Crippen LogP contribution >= 0.6 is 11.6 Å². The van der Waals surface area contributed by atoms with Crippen molar-refractivity contribution in [3.05, 3.63) is 34.3 Å². The third kappa shape index (κ3) is 3.78. The first kappa shape index (κ1) is 13.5. The zero-order chi connectivity index (χ0) is 12.1. The van der Waals surface area contributed by atoms with E-state index in [4.69, 9.17) is 16.3 Å². The molecule has 0 fully saturated rings. The van der Waals surface area contributed by atoms with E-state index in [2.05, 4.69) is 6.92 Å². The van der Waals surface area contributed by atoms with Crippen LogP contribution in [-0.2, 0) is 4.74 Å². The van der Waals surface area contributed by atoms with Gasteiger partial charge in [0.15, 0.2) is 0 Å². The van der Waals surface area contributed by atoms with Crippen LogP contribution in [0.15, 0.2) is 18.2 Å². The molecule has 0 saturated heterocycles. The number of ether oxygens (including phenoxy) is 1. The summed E-state index contributed by atoms with van der Waals surface area (Å²) in [5, 5.41) is 10.7. The minimum atomic E-state index is -0.469. The number of aliphatic hydroxyl groups excluding tert-OH is 1. The van der Waals surface area contributed by atoms with Crippen molar-refractivity contribution in [1.29, 1.82) is 0 Å². The lowest BCUT2D eigenvalue weighted by Gasteiger charge is -2.16. The summed E-state index contributed by atoms with van der Waals surface area (Å²) >= 11 is 6.02. The molecule has 1 aromatic carbocycles. The van der Waals surface area contributed by atoms with Gasteiger partial charge in [0.25, 0.3) is 0 Å². The van der Waals surface area contributed by atoms with E-state index in [9.17, 15) is 5.11 Å². The Balaban J connectivity index is 2.65. The molecule has 2 atom stereocenters. The first-order chi connectivity index (χ1) is 7.54. The second kappa shape index (κ2) is 6.24. The van der Waals surface area contributed by atoms with E-state index in [0.29, 0.717) is 24.0 Å². The van der Waals surface area contributed by atoms with E-state index in [1.165, 1.54) is 0 Å². The lowest BCUT2D eigenvalue weighted by Crippen LogP contribution is -2.09. The summed E-state index contributed by atoms with van der Waals surface area (Å²) in [7, 11) is 1.67. The number of benzene rings is 1. The molecule has 0 aliphatic heterocycles. The molecule has 0 aliphatic rings. The highest BCUT2D eigenvalue weighted by Crippen LogP contribution is 2.25. The fraction of sp³-hybridized carbons (Fsp3) is 0.538. The molecule has 0 aromatic heterocycles. The first-order valence-corrected chi connectivity index (χ1v) is 5.85. The maximum Gasteiger partial charge on any atom is 0.0794 e. The Hall–Kier alpha value is -0.570. The van der Waals surface area contributed by atoms with Gasteiger partial charge in [0.05, 0.1) is 6.10 Å². The van der Waals surface area contributed by atoms with E-state index >= 15 is 0 Å². The monoisotopic (exact) mass is 242 g/mol. The number of halogens is 1. The zero-order valence-corrected chi connectivity index (χ0v) is 10.8. The van der Waals surface area contributed by atoms with Gasteiger partial charge >= 0.3 is 0 Å². The van der Waals surface area contributed by atoms with E-state index < -0.39 is 6.10 Å². The number of hydrogen-bond donors (Lipinski definition) is 1. The Labute approximate surface area is 102 Å². The Morgan fingerprint density at radius 1 is 1.44 bits per heavy atom. The van der Waals surface area contributed by atoms with Gasteiger partial charge in [-0.1, -0.05) is 30.7 Å². The molecule has 0 radical (unpaired) electrons. The van der Waals surface area contributed by atoms with Gasteiger partial charge in [-0.05, 0) is 36.5 Å². The van der Waals surface area contributed by atoms with Gasteiger partial charge in [0.1, 0.15) is 0 Å². The van der Waals surface area contributed by atoms with Crippen LogP contribution in [0.2, 0.25) is 5.02 Å². The minimum Gasteiger partial charge on any atom is -0.388 e. The molecule has 3 heteroatoms. The van der Waals surface area contributed by atoms with E-state index in [-0.39, 0.29) is 0 Å². The average molecular weight is 243 g/mol. The molecule has 1 aromatic rings. The Bertz CT molecular complexity index is 339. The van der Waals surface area contributed by atoms with Gasteiger partial charge in [-0.3, -0.25) is 0 Å². The number of hydrogen-bond acceptors (Lipinski definition) is 2. The summed E-state index contributed by atoms with van der Waals surface area (Å²) in [5.41, 5.74) is 1.90. The largest absolute Gasteiger partial charge is 0.388 e. The molecule has 0 aliphatic carbocycles. The van der Waals surface area contributed by atoms with E-state index in [1.807, 2.05) is 25.1 Å². The highest BCUT2D eigenvalue weighted by molar-refractivity contribution is 6.31. The quantitative estimate of drug-likeness (QED) is 0.858. The third-order valence-corrected chi connectivity index (χ3v) is 3.06. The molecule has 90 valence electrons. The fourth-order valence-electron chi connectivity index (χ4n) is 1.69. The number of methoxy groups -OCH3 is 1. The predicted molar refractivity (Wildman–Crippen MR) is 66.8 cm³/mol. The van der Waals surface area contributed by atoms with Crippen LogP contribution in [0.4, 0.5) is 0 Å². The van der Waals surface area contributed by atoms with Crippen molar-refractivity contribution in [2.75, 3.05) is 13.7 Å². The molecule has 2 nitrogen and oxygen atoms in total. The molecular weight excluding hydrogens is 224 g/mol. The number of rotatable bonds is 5. The van der Waals surface area contributed by atoms with Crippen molar-refractivity contribution in [2.45, 2.75) is 26.4 Å². The molecule has 0 heterocycles. The standard InChI is InChI=1S/C13H19ClO2/c1-9(8-16-3)6-13(15)11-5-4-10(2)12(14)7-11/h4-5,7,9,13,15H,6,8H2,1-3H3. The van der Waals surface area contributed by atoms with Crippen LogP contribution in [0.3, 0.4) is 0 Å². The van der Waals surface area contributed by atoms with E-state index in [0.717, 1.165) is 11.1 Å². The van der Waals surface area contributed by atoms with Crippen LogP contribution in [0.5, 0.6) is 0 Å². The van der Waals surface area contributed by atoms with Crippen molar-refractivity contribution in [2.24, 2.45) is 5.92 Å². The number of aryl methyl sites for hydroxylation is 1. The maximum absolute atomic E-state index is 10.0. The molecule has 1 N–H and O–H groups in total. The SMILES string of the molecule is COCC(C)CC(O)c1ccc(C)c(Cl)c1. The van der Waals surface area contributed by atoms with Crippen LogP contribution in [0.25, 0.3) is 0 Å². The topological polar surface area (TPSA) is 29.5 Å². The summed E-state index contributed by atoms with van der Waals surface area (Å²) in [5.74, 6) is 0.333. The predicted octanol–water partition coefficient (Wildman–Crippen LogP) is 3.35. The smallest absolute Gasteiger partial charge is 0.0794 e. The minimum absolute atomic E-state index is 0.333. The summed E-state index contributed by atoms with van der Waals surface area (Å²) in [6.45, 7) is 4.67. The zero-order valence-electron chi connectivity index (χ0n) is 10.0. The molecular formula is C13H19ClO2. The van der Waals surface area contributed by atoms with Crippen molar-refractivity contribution < 1.29 is 9.84 Å². The lowest BCUT2D eigenvalue weighted by atomic mass is 9.98. The second-order valence-corrected chi connectivity index (χ2v) is 4.73. The maximum atomic E-state index is 10.0. The molecule has 2 unspecified atom stereocenters. The van der Waals surface area contributed by atoms with E-state index in [1.54, 1.807) is 7.11 Å². The van der Waals surface area contributed by atoms with Gasteiger partial charge in [-0.2, -0.15) is 0 Å². The van der Waals surface area contributed by atoms with Gasteiger partial charge in [0.2, 0.25) is 0 Å². The van der Waals surface area contributed by atoms with Gasteiger partial charge < -0.3 is 9.84 Å². The Morgan fingerprint density at radius 3 is 2.69 bits per heavy atom. The molecule has 1 rings (SSSR count). The van der Waals surface area contributed by atoms with Gasteiger partial charge in [0, 0.05) is 18.7 Å². The summed E-state index contributed by atoms with van der Waals surface area (Å²) in [6.07, 6.45) is 0.219. The normalized spacial score (nSPS) is 14.8. The average Bonchev–Trinajstić information content (AvgIpc) is 2.22. The molecule has 0 amide bonds.